The third-order valence-electron chi connectivity index (χ3n) is 4.27. The third kappa shape index (κ3) is 1.87. The maximum atomic E-state index is 11.1. The molecule has 0 radical (unpaired) electrons. The quantitative estimate of drug-likeness (QED) is 0.845. The number of carboxylic acids is 1. The number of aromatic nitrogens is 2. The number of rotatable bonds is 2. The summed E-state index contributed by atoms with van der Waals surface area (Å²) in [6, 6.07) is 0.384. The largest absolute Gasteiger partial charge is 0.477 e. The fourth-order valence-electron chi connectivity index (χ4n) is 3.36. The van der Waals surface area contributed by atoms with Crippen molar-refractivity contribution in [2.24, 2.45) is 5.92 Å². The van der Waals surface area contributed by atoms with Crippen molar-refractivity contribution in [2.75, 3.05) is 11.9 Å². The lowest BCUT2D eigenvalue weighted by Crippen LogP contribution is -2.30. The molecule has 1 saturated carbocycles. The second-order valence-corrected chi connectivity index (χ2v) is 5.34. The molecule has 5 nitrogen and oxygen atoms in total. The zero-order valence-electron chi connectivity index (χ0n) is 10.4. The Morgan fingerprint density at radius 2 is 2.11 bits per heavy atom. The maximum absolute atomic E-state index is 11.1. The molecule has 0 amide bonds. The van der Waals surface area contributed by atoms with E-state index in [-0.39, 0.29) is 0 Å². The van der Waals surface area contributed by atoms with Gasteiger partial charge < -0.3 is 10.4 Å². The molecule has 0 spiro atoms. The van der Waals surface area contributed by atoms with E-state index in [1.807, 2.05) is 4.68 Å². The summed E-state index contributed by atoms with van der Waals surface area (Å²) < 4.78 is 1.92. The van der Waals surface area contributed by atoms with Crippen LogP contribution < -0.4 is 5.32 Å². The van der Waals surface area contributed by atoms with Gasteiger partial charge in [0.2, 0.25) is 0 Å². The normalized spacial score (nSPS) is 24.3. The van der Waals surface area contributed by atoms with Gasteiger partial charge in [-0.3, -0.25) is 0 Å². The molecule has 1 fully saturated rings. The number of nitrogens with zero attached hydrogens (tertiary/aromatic N) is 2. The lowest BCUT2D eigenvalue weighted by Gasteiger charge is -2.34. The molecule has 0 bridgehead atoms. The van der Waals surface area contributed by atoms with Gasteiger partial charge in [-0.1, -0.05) is 19.3 Å². The smallest absolute Gasteiger partial charge is 0.341 e. The Hall–Kier alpha value is -1.52. The SMILES string of the molecule is O=C(O)c1cnn2c1NCCC2C1CCCCC1. The van der Waals surface area contributed by atoms with Gasteiger partial charge in [0.1, 0.15) is 11.4 Å². The first-order valence-corrected chi connectivity index (χ1v) is 6.82. The highest BCUT2D eigenvalue weighted by Crippen LogP contribution is 2.38. The molecule has 2 N–H and O–H groups in total. The summed E-state index contributed by atoms with van der Waals surface area (Å²) in [7, 11) is 0. The summed E-state index contributed by atoms with van der Waals surface area (Å²) in [6.07, 6.45) is 8.99. The number of aromatic carboxylic acids is 1. The second kappa shape index (κ2) is 4.63. The number of hydrogen-bond acceptors (Lipinski definition) is 3. The van der Waals surface area contributed by atoms with Crippen LogP contribution in [0.25, 0.3) is 0 Å². The number of anilines is 1. The van der Waals surface area contributed by atoms with Crippen molar-refractivity contribution in [2.45, 2.75) is 44.6 Å². The van der Waals surface area contributed by atoms with Crippen LogP contribution in [0.3, 0.4) is 0 Å². The number of hydrogen-bond donors (Lipinski definition) is 2. The number of carboxylic acid groups (broad SMARTS) is 1. The highest BCUT2D eigenvalue weighted by atomic mass is 16.4. The molecule has 1 aromatic heterocycles. The predicted molar refractivity (Wildman–Crippen MR) is 67.9 cm³/mol. The molecule has 0 aromatic carbocycles. The van der Waals surface area contributed by atoms with Gasteiger partial charge in [0.15, 0.2) is 0 Å². The van der Waals surface area contributed by atoms with Gasteiger partial charge in [0.25, 0.3) is 0 Å². The van der Waals surface area contributed by atoms with Gasteiger partial charge in [-0.15, -0.1) is 0 Å². The average molecular weight is 249 g/mol. The van der Waals surface area contributed by atoms with Crippen molar-refractivity contribution < 1.29 is 9.90 Å². The number of fused-ring (bicyclic) bond motifs is 1. The minimum Gasteiger partial charge on any atom is -0.477 e. The Bertz CT molecular complexity index is 449. The maximum Gasteiger partial charge on any atom is 0.341 e. The Balaban J connectivity index is 1.89. The first kappa shape index (κ1) is 11.6. The van der Waals surface area contributed by atoms with Crippen molar-refractivity contribution >= 4 is 11.8 Å². The lowest BCUT2D eigenvalue weighted by molar-refractivity contribution is 0.0697. The van der Waals surface area contributed by atoms with Crippen molar-refractivity contribution in [1.29, 1.82) is 0 Å². The van der Waals surface area contributed by atoms with Gasteiger partial charge in [-0.25, -0.2) is 9.48 Å². The van der Waals surface area contributed by atoms with Crippen molar-refractivity contribution in [3.05, 3.63) is 11.8 Å². The monoisotopic (exact) mass is 249 g/mol. The molecular formula is C13H19N3O2. The minimum atomic E-state index is -0.895. The van der Waals surface area contributed by atoms with Crippen LogP contribution in [-0.2, 0) is 0 Å². The van der Waals surface area contributed by atoms with Crippen LogP contribution in [0.1, 0.15) is 54.9 Å². The van der Waals surface area contributed by atoms with Gasteiger partial charge in [-0.05, 0) is 25.2 Å². The molecule has 2 aliphatic rings. The van der Waals surface area contributed by atoms with Crippen LogP contribution in [-0.4, -0.2) is 27.4 Å². The van der Waals surface area contributed by atoms with Gasteiger partial charge in [0.05, 0.1) is 12.2 Å². The zero-order valence-corrected chi connectivity index (χ0v) is 10.4. The van der Waals surface area contributed by atoms with Crippen LogP contribution in [0.5, 0.6) is 0 Å². The van der Waals surface area contributed by atoms with Crippen LogP contribution in [0, 0.1) is 5.92 Å². The van der Waals surface area contributed by atoms with Crippen LogP contribution in [0.15, 0.2) is 6.20 Å². The van der Waals surface area contributed by atoms with E-state index in [2.05, 4.69) is 10.4 Å². The fourth-order valence-corrected chi connectivity index (χ4v) is 3.36. The Morgan fingerprint density at radius 1 is 1.33 bits per heavy atom. The van der Waals surface area contributed by atoms with Crippen LogP contribution in [0.2, 0.25) is 0 Å². The summed E-state index contributed by atoms with van der Waals surface area (Å²) in [5.74, 6) is 0.471. The highest BCUT2D eigenvalue weighted by Gasteiger charge is 2.31. The summed E-state index contributed by atoms with van der Waals surface area (Å²) in [5.41, 5.74) is 0.301. The Morgan fingerprint density at radius 3 is 2.83 bits per heavy atom. The standard InChI is InChI=1S/C13H19N3O2/c17-13(18)10-8-15-16-11(6-7-14-12(10)16)9-4-2-1-3-5-9/h8-9,11,14H,1-7H2,(H,17,18). The third-order valence-corrected chi connectivity index (χ3v) is 4.27. The van der Waals surface area contributed by atoms with Gasteiger partial charge in [-0.2, -0.15) is 5.10 Å². The Labute approximate surface area is 106 Å². The molecule has 98 valence electrons. The van der Waals surface area contributed by atoms with Crippen molar-refractivity contribution in [3.8, 4) is 0 Å². The molecule has 18 heavy (non-hydrogen) atoms. The van der Waals surface area contributed by atoms with Crippen LogP contribution >= 0.6 is 0 Å². The molecular weight excluding hydrogens is 230 g/mol. The van der Waals surface area contributed by atoms with E-state index >= 15 is 0 Å². The van der Waals surface area contributed by atoms with Gasteiger partial charge in [0, 0.05) is 6.54 Å². The Kier molecular flexibility index (Phi) is 2.97. The van der Waals surface area contributed by atoms with E-state index in [9.17, 15) is 4.79 Å². The molecule has 1 unspecified atom stereocenters. The van der Waals surface area contributed by atoms with Crippen molar-refractivity contribution in [1.82, 2.24) is 9.78 Å². The molecule has 1 aliphatic heterocycles. The fraction of sp³-hybridized carbons (Fsp3) is 0.692. The van der Waals surface area contributed by atoms with E-state index in [0.717, 1.165) is 13.0 Å². The highest BCUT2D eigenvalue weighted by molar-refractivity contribution is 5.93. The van der Waals surface area contributed by atoms with Gasteiger partial charge >= 0.3 is 5.97 Å². The van der Waals surface area contributed by atoms with E-state index in [0.29, 0.717) is 23.3 Å². The molecule has 1 aromatic rings. The molecule has 1 aliphatic carbocycles. The summed E-state index contributed by atoms with van der Waals surface area (Å²) >= 11 is 0. The summed E-state index contributed by atoms with van der Waals surface area (Å²) in [5, 5.41) is 16.6. The van der Waals surface area contributed by atoms with Crippen LogP contribution in [0.4, 0.5) is 5.82 Å². The zero-order chi connectivity index (χ0) is 12.5. The van der Waals surface area contributed by atoms with E-state index in [1.54, 1.807) is 0 Å². The molecule has 1 atom stereocenters. The van der Waals surface area contributed by atoms with E-state index < -0.39 is 5.97 Å². The first-order valence-electron chi connectivity index (χ1n) is 6.82. The van der Waals surface area contributed by atoms with E-state index in [4.69, 9.17) is 5.11 Å². The molecule has 2 heterocycles. The first-order chi connectivity index (χ1) is 8.77. The minimum absolute atomic E-state index is 0.301. The predicted octanol–water partition coefficient (Wildman–Crippen LogP) is 2.52. The summed E-state index contributed by atoms with van der Waals surface area (Å²) in [6.45, 7) is 0.854. The number of nitrogens with one attached hydrogen (secondary N) is 1. The van der Waals surface area contributed by atoms with Crippen molar-refractivity contribution in [3.63, 3.8) is 0 Å². The molecule has 0 saturated heterocycles. The topological polar surface area (TPSA) is 67.1 Å². The molecule has 3 rings (SSSR count). The average Bonchev–Trinajstić information content (AvgIpc) is 2.83. The van der Waals surface area contributed by atoms with E-state index in [1.165, 1.54) is 38.3 Å². The second-order valence-electron chi connectivity index (χ2n) is 5.34. The molecule has 5 heteroatoms. The number of carbonyl (C=O) groups is 1. The summed E-state index contributed by atoms with van der Waals surface area (Å²) in [4.78, 5) is 11.1. The lowest BCUT2D eigenvalue weighted by atomic mass is 9.82.